The predicted octanol–water partition coefficient (Wildman–Crippen LogP) is 0.498. The number of amides is 1. The molecule has 5 nitrogen and oxygen atoms in total. The van der Waals surface area contributed by atoms with Crippen molar-refractivity contribution in [2.24, 2.45) is 11.7 Å². The van der Waals surface area contributed by atoms with Gasteiger partial charge in [0.05, 0.1) is 6.54 Å². The molecule has 0 aliphatic carbocycles. The number of carbonyl (C=O) groups is 1. The number of hydrogen-bond donors (Lipinski definition) is 1. The Labute approximate surface area is 103 Å². The summed E-state index contributed by atoms with van der Waals surface area (Å²) in [5.74, 6) is 0.591. The van der Waals surface area contributed by atoms with Crippen LogP contribution in [-0.2, 0) is 4.74 Å². The van der Waals surface area contributed by atoms with Crippen LogP contribution in [0.3, 0.4) is 0 Å². The van der Waals surface area contributed by atoms with Crippen LogP contribution in [0.5, 0.6) is 0 Å². The SMILES string of the molecule is CCN1CCCC(CN2C[C@H](CN)OC2=O)C1. The number of ether oxygens (including phenoxy) is 1. The van der Waals surface area contributed by atoms with E-state index in [0.29, 0.717) is 19.0 Å². The Balaban J connectivity index is 1.82. The van der Waals surface area contributed by atoms with E-state index < -0.39 is 0 Å². The average molecular weight is 241 g/mol. The molecule has 0 spiro atoms. The maximum absolute atomic E-state index is 11.6. The second-order valence-corrected chi connectivity index (χ2v) is 5.05. The Morgan fingerprint density at radius 3 is 2.94 bits per heavy atom. The van der Waals surface area contributed by atoms with Gasteiger partial charge in [-0.25, -0.2) is 4.79 Å². The monoisotopic (exact) mass is 241 g/mol. The number of hydrogen-bond acceptors (Lipinski definition) is 4. The molecule has 0 aromatic heterocycles. The van der Waals surface area contributed by atoms with Crippen LogP contribution in [0.15, 0.2) is 0 Å². The van der Waals surface area contributed by atoms with E-state index in [9.17, 15) is 4.79 Å². The fraction of sp³-hybridized carbons (Fsp3) is 0.917. The molecule has 2 atom stereocenters. The van der Waals surface area contributed by atoms with Crippen LogP contribution < -0.4 is 5.73 Å². The number of nitrogens with two attached hydrogens (primary N) is 1. The highest BCUT2D eigenvalue weighted by Crippen LogP contribution is 2.20. The standard InChI is InChI=1S/C12H23N3O2/c1-2-14-5-3-4-10(7-14)8-15-9-11(6-13)17-12(15)16/h10-11H,2-9,13H2,1H3/t10?,11-/m0/s1. The molecule has 5 heteroatoms. The minimum atomic E-state index is -0.186. The van der Waals surface area contributed by atoms with Crippen molar-refractivity contribution in [3.05, 3.63) is 0 Å². The van der Waals surface area contributed by atoms with Crippen LogP contribution in [0.1, 0.15) is 19.8 Å². The number of likely N-dealkylation sites (tertiary alicyclic amines) is 1. The summed E-state index contributed by atoms with van der Waals surface area (Å²) in [5, 5.41) is 0. The molecule has 2 heterocycles. The summed E-state index contributed by atoms with van der Waals surface area (Å²) in [6, 6.07) is 0. The Morgan fingerprint density at radius 2 is 2.29 bits per heavy atom. The smallest absolute Gasteiger partial charge is 0.410 e. The highest BCUT2D eigenvalue weighted by molar-refractivity contribution is 5.69. The fourth-order valence-corrected chi connectivity index (χ4v) is 2.75. The molecule has 2 fully saturated rings. The highest BCUT2D eigenvalue weighted by atomic mass is 16.6. The molecule has 0 aromatic carbocycles. The van der Waals surface area contributed by atoms with E-state index in [1.54, 1.807) is 0 Å². The largest absolute Gasteiger partial charge is 0.443 e. The molecular weight excluding hydrogens is 218 g/mol. The lowest BCUT2D eigenvalue weighted by molar-refractivity contribution is 0.124. The molecule has 0 aromatic rings. The van der Waals surface area contributed by atoms with Crippen molar-refractivity contribution in [2.45, 2.75) is 25.9 Å². The zero-order chi connectivity index (χ0) is 12.3. The van der Waals surface area contributed by atoms with E-state index in [1.165, 1.54) is 19.4 Å². The average Bonchev–Trinajstić information content (AvgIpc) is 2.70. The summed E-state index contributed by atoms with van der Waals surface area (Å²) in [5.41, 5.74) is 5.52. The van der Waals surface area contributed by atoms with Gasteiger partial charge in [-0.2, -0.15) is 0 Å². The number of nitrogens with zero attached hydrogens (tertiary/aromatic N) is 2. The molecule has 2 aliphatic heterocycles. The Hall–Kier alpha value is -0.810. The predicted molar refractivity (Wildman–Crippen MR) is 65.7 cm³/mol. The maximum atomic E-state index is 11.6. The molecule has 0 saturated carbocycles. The van der Waals surface area contributed by atoms with Crippen molar-refractivity contribution in [2.75, 3.05) is 39.3 Å². The second kappa shape index (κ2) is 5.69. The van der Waals surface area contributed by atoms with Gasteiger partial charge in [-0.3, -0.25) is 0 Å². The second-order valence-electron chi connectivity index (χ2n) is 5.05. The molecule has 2 saturated heterocycles. The fourth-order valence-electron chi connectivity index (χ4n) is 2.75. The third-order valence-corrected chi connectivity index (χ3v) is 3.74. The van der Waals surface area contributed by atoms with Gasteiger partial charge in [0, 0.05) is 19.6 Å². The van der Waals surface area contributed by atoms with Crippen LogP contribution in [0.2, 0.25) is 0 Å². The number of rotatable bonds is 4. The van der Waals surface area contributed by atoms with E-state index in [1.807, 2.05) is 4.90 Å². The highest BCUT2D eigenvalue weighted by Gasteiger charge is 2.32. The van der Waals surface area contributed by atoms with Crippen molar-refractivity contribution in [1.82, 2.24) is 9.80 Å². The van der Waals surface area contributed by atoms with Gasteiger partial charge < -0.3 is 20.3 Å². The number of cyclic esters (lactones) is 1. The lowest BCUT2D eigenvalue weighted by Crippen LogP contribution is -2.41. The Kier molecular flexibility index (Phi) is 4.23. The maximum Gasteiger partial charge on any atom is 0.410 e. The summed E-state index contributed by atoms with van der Waals surface area (Å²) in [6.07, 6.45) is 2.16. The first-order chi connectivity index (χ1) is 8.22. The Bertz CT molecular complexity index is 272. The van der Waals surface area contributed by atoms with Gasteiger partial charge in [0.15, 0.2) is 0 Å². The van der Waals surface area contributed by atoms with Gasteiger partial charge in [0.2, 0.25) is 0 Å². The Morgan fingerprint density at radius 1 is 1.47 bits per heavy atom. The molecule has 2 aliphatic rings. The van der Waals surface area contributed by atoms with Crippen LogP contribution in [0, 0.1) is 5.92 Å². The van der Waals surface area contributed by atoms with Gasteiger partial charge >= 0.3 is 6.09 Å². The summed E-state index contributed by atoms with van der Waals surface area (Å²) in [7, 11) is 0. The van der Waals surface area contributed by atoms with E-state index in [-0.39, 0.29) is 12.2 Å². The first kappa shape index (κ1) is 12.6. The van der Waals surface area contributed by atoms with Crippen molar-refractivity contribution >= 4 is 6.09 Å². The van der Waals surface area contributed by atoms with E-state index >= 15 is 0 Å². The lowest BCUT2D eigenvalue weighted by Gasteiger charge is -2.33. The molecule has 0 bridgehead atoms. The normalized spacial score (nSPS) is 30.7. The minimum Gasteiger partial charge on any atom is -0.443 e. The van der Waals surface area contributed by atoms with Crippen LogP contribution in [0.4, 0.5) is 4.79 Å². The van der Waals surface area contributed by atoms with Crippen molar-refractivity contribution < 1.29 is 9.53 Å². The summed E-state index contributed by atoms with van der Waals surface area (Å²) in [6.45, 7) is 7.51. The third kappa shape index (κ3) is 3.10. The van der Waals surface area contributed by atoms with Gasteiger partial charge in [0.25, 0.3) is 0 Å². The topological polar surface area (TPSA) is 58.8 Å². The van der Waals surface area contributed by atoms with Crippen LogP contribution in [-0.4, -0.2) is 61.3 Å². The zero-order valence-electron chi connectivity index (χ0n) is 10.6. The molecule has 1 unspecified atom stereocenters. The summed E-state index contributed by atoms with van der Waals surface area (Å²) < 4.78 is 5.17. The van der Waals surface area contributed by atoms with Crippen LogP contribution >= 0.6 is 0 Å². The van der Waals surface area contributed by atoms with Gasteiger partial charge in [-0.15, -0.1) is 0 Å². The van der Waals surface area contributed by atoms with Crippen molar-refractivity contribution in [3.8, 4) is 0 Å². The van der Waals surface area contributed by atoms with Gasteiger partial charge in [0.1, 0.15) is 6.10 Å². The number of carbonyl (C=O) groups excluding carboxylic acids is 1. The molecule has 2 rings (SSSR count). The summed E-state index contributed by atoms with van der Waals surface area (Å²) in [4.78, 5) is 15.9. The first-order valence-corrected chi connectivity index (χ1v) is 6.61. The third-order valence-electron chi connectivity index (χ3n) is 3.74. The molecule has 1 amide bonds. The van der Waals surface area contributed by atoms with Crippen molar-refractivity contribution in [1.29, 1.82) is 0 Å². The molecular formula is C12H23N3O2. The lowest BCUT2D eigenvalue weighted by atomic mass is 9.97. The molecule has 2 N–H and O–H groups in total. The van der Waals surface area contributed by atoms with E-state index in [2.05, 4.69) is 11.8 Å². The van der Waals surface area contributed by atoms with Gasteiger partial charge in [-0.05, 0) is 31.8 Å². The molecule has 17 heavy (non-hydrogen) atoms. The molecule has 0 radical (unpaired) electrons. The summed E-state index contributed by atoms with van der Waals surface area (Å²) >= 11 is 0. The molecule has 98 valence electrons. The van der Waals surface area contributed by atoms with E-state index in [4.69, 9.17) is 10.5 Å². The van der Waals surface area contributed by atoms with E-state index in [0.717, 1.165) is 19.6 Å². The first-order valence-electron chi connectivity index (χ1n) is 6.61. The van der Waals surface area contributed by atoms with Crippen LogP contribution in [0.25, 0.3) is 0 Å². The zero-order valence-corrected chi connectivity index (χ0v) is 10.6. The van der Waals surface area contributed by atoms with Crippen molar-refractivity contribution in [3.63, 3.8) is 0 Å². The quantitative estimate of drug-likeness (QED) is 0.778. The minimum absolute atomic E-state index is 0.103. The van der Waals surface area contributed by atoms with Gasteiger partial charge in [-0.1, -0.05) is 6.92 Å². The number of piperidine rings is 1.